The van der Waals surface area contributed by atoms with Gasteiger partial charge in [-0.05, 0) is 24.3 Å². The van der Waals surface area contributed by atoms with Crippen molar-refractivity contribution < 1.29 is 13.2 Å². The maximum absolute atomic E-state index is 11.8. The van der Waals surface area contributed by atoms with Crippen LogP contribution in [0.3, 0.4) is 0 Å². The first kappa shape index (κ1) is 15.5. The van der Waals surface area contributed by atoms with Crippen LogP contribution in [-0.4, -0.2) is 24.1 Å². The Hall–Kier alpha value is -1.90. The van der Waals surface area contributed by atoms with Gasteiger partial charge < -0.3 is 5.32 Å². The standard InChI is InChI=1S/C12H13ClN4O3S/c13-10-3-2-9(21(14,19)20)8-11(10)16-12(18)4-7-17-6-1-5-15-17/h1-3,5-6,8H,4,7H2,(H,16,18)(H2,14,19,20). The molecule has 0 unspecified atom stereocenters. The number of nitrogens with two attached hydrogens (primary N) is 1. The lowest BCUT2D eigenvalue weighted by Gasteiger charge is -2.09. The monoisotopic (exact) mass is 328 g/mol. The summed E-state index contributed by atoms with van der Waals surface area (Å²) in [5.74, 6) is -0.307. The van der Waals surface area contributed by atoms with Crippen molar-refractivity contribution in [1.29, 1.82) is 0 Å². The number of halogens is 1. The Balaban J connectivity index is 2.06. The lowest BCUT2D eigenvalue weighted by molar-refractivity contribution is -0.116. The summed E-state index contributed by atoms with van der Waals surface area (Å²) in [7, 11) is -3.85. The van der Waals surface area contributed by atoms with E-state index in [9.17, 15) is 13.2 Å². The van der Waals surface area contributed by atoms with Crippen molar-refractivity contribution >= 4 is 33.2 Å². The van der Waals surface area contributed by atoms with Gasteiger partial charge in [0.05, 0.1) is 15.6 Å². The normalized spacial score (nSPS) is 11.3. The van der Waals surface area contributed by atoms with Crippen molar-refractivity contribution in [2.45, 2.75) is 17.9 Å². The van der Waals surface area contributed by atoms with Crippen molar-refractivity contribution in [2.75, 3.05) is 5.32 Å². The predicted octanol–water partition coefficient (Wildman–Crippen LogP) is 1.21. The number of hydrogen-bond donors (Lipinski definition) is 2. The highest BCUT2D eigenvalue weighted by molar-refractivity contribution is 7.89. The van der Waals surface area contributed by atoms with Crippen LogP contribution in [0.1, 0.15) is 6.42 Å². The molecule has 21 heavy (non-hydrogen) atoms. The van der Waals surface area contributed by atoms with Crippen LogP contribution in [0.2, 0.25) is 5.02 Å². The number of hydrogen-bond acceptors (Lipinski definition) is 4. The SMILES string of the molecule is NS(=O)(=O)c1ccc(Cl)c(NC(=O)CCn2cccn2)c1. The first-order valence-electron chi connectivity index (χ1n) is 5.96. The van der Waals surface area contributed by atoms with E-state index in [0.717, 1.165) is 0 Å². The number of amides is 1. The summed E-state index contributed by atoms with van der Waals surface area (Å²) >= 11 is 5.92. The van der Waals surface area contributed by atoms with E-state index >= 15 is 0 Å². The number of primary sulfonamides is 1. The van der Waals surface area contributed by atoms with E-state index in [0.29, 0.717) is 6.54 Å². The van der Waals surface area contributed by atoms with Crippen molar-refractivity contribution in [3.05, 3.63) is 41.7 Å². The molecule has 0 aliphatic rings. The van der Waals surface area contributed by atoms with Crippen molar-refractivity contribution in [1.82, 2.24) is 9.78 Å². The van der Waals surface area contributed by atoms with E-state index in [1.54, 1.807) is 23.1 Å². The molecule has 1 amide bonds. The molecule has 0 spiro atoms. The fourth-order valence-electron chi connectivity index (χ4n) is 1.64. The van der Waals surface area contributed by atoms with Crippen LogP contribution in [0, 0.1) is 0 Å². The topological polar surface area (TPSA) is 107 Å². The van der Waals surface area contributed by atoms with E-state index in [2.05, 4.69) is 10.4 Å². The zero-order valence-corrected chi connectivity index (χ0v) is 12.4. The third-order valence-electron chi connectivity index (χ3n) is 2.67. The molecule has 0 atom stereocenters. The van der Waals surface area contributed by atoms with Gasteiger partial charge in [-0.2, -0.15) is 5.10 Å². The second kappa shape index (κ2) is 6.25. The van der Waals surface area contributed by atoms with Gasteiger partial charge in [-0.1, -0.05) is 11.6 Å². The molecule has 9 heteroatoms. The van der Waals surface area contributed by atoms with Crippen LogP contribution in [0.25, 0.3) is 0 Å². The number of nitrogens with zero attached hydrogens (tertiary/aromatic N) is 2. The summed E-state index contributed by atoms with van der Waals surface area (Å²) in [6.45, 7) is 0.408. The van der Waals surface area contributed by atoms with E-state index in [1.165, 1.54) is 18.2 Å². The predicted molar refractivity (Wildman–Crippen MR) is 78.3 cm³/mol. The highest BCUT2D eigenvalue weighted by Gasteiger charge is 2.12. The molecule has 0 fully saturated rings. The number of benzene rings is 1. The van der Waals surface area contributed by atoms with Gasteiger partial charge in [0, 0.05) is 25.4 Å². The molecule has 0 radical (unpaired) electrons. The second-order valence-corrected chi connectivity index (χ2v) is 6.22. The minimum absolute atomic E-state index is 0.116. The second-order valence-electron chi connectivity index (χ2n) is 4.25. The number of aromatic nitrogens is 2. The molecule has 112 valence electrons. The molecule has 0 bridgehead atoms. The van der Waals surface area contributed by atoms with Crippen LogP contribution in [0.15, 0.2) is 41.6 Å². The number of nitrogens with one attached hydrogen (secondary N) is 1. The van der Waals surface area contributed by atoms with E-state index in [4.69, 9.17) is 16.7 Å². The molecule has 0 saturated carbocycles. The number of carbonyl (C=O) groups is 1. The Labute approximate surface area is 126 Å². The Kier molecular flexibility index (Phi) is 4.61. The summed E-state index contributed by atoms with van der Waals surface area (Å²) in [6.07, 6.45) is 3.53. The molecule has 1 aromatic carbocycles. The quantitative estimate of drug-likeness (QED) is 0.860. The molecule has 1 aromatic heterocycles. The molecule has 0 aliphatic heterocycles. The largest absolute Gasteiger partial charge is 0.325 e. The van der Waals surface area contributed by atoms with Gasteiger partial charge >= 0.3 is 0 Å². The van der Waals surface area contributed by atoms with Gasteiger partial charge in [0.2, 0.25) is 15.9 Å². The number of aryl methyl sites for hydroxylation is 1. The van der Waals surface area contributed by atoms with Crippen molar-refractivity contribution in [2.24, 2.45) is 5.14 Å². The lowest BCUT2D eigenvalue weighted by Crippen LogP contribution is -2.16. The van der Waals surface area contributed by atoms with Crippen LogP contribution in [-0.2, 0) is 21.4 Å². The number of carbonyl (C=O) groups excluding carboxylic acids is 1. The smallest absolute Gasteiger partial charge is 0.238 e. The van der Waals surface area contributed by atoms with Crippen LogP contribution in [0.5, 0.6) is 0 Å². The summed E-state index contributed by atoms with van der Waals surface area (Å²) < 4.78 is 24.2. The zero-order valence-electron chi connectivity index (χ0n) is 10.9. The van der Waals surface area contributed by atoms with Gasteiger partial charge in [-0.15, -0.1) is 0 Å². The Morgan fingerprint density at radius 2 is 2.19 bits per heavy atom. The summed E-state index contributed by atoms with van der Waals surface area (Å²) in [4.78, 5) is 11.7. The summed E-state index contributed by atoms with van der Waals surface area (Å²) in [5, 5.41) is 11.8. The number of anilines is 1. The fraction of sp³-hybridized carbons (Fsp3) is 0.167. The maximum Gasteiger partial charge on any atom is 0.238 e. The molecule has 2 aromatic rings. The molecular formula is C12H13ClN4O3S. The minimum atomic E-state index is -3.85. The molecule has 3 N–H and O–H groups in total. The van der Waals surface area contributed by atoms with Crippen LogP contribution in [0.4, 0.5) is 5.69 Å². The van der Waals surface area contributed by atoms with Crippen molar-refractivity contribution in [3.8, 4) is 0 Å². The van der Waals surface area contributed by atoms with E-state index < -0.39 is 10.0 Å². The highest BCUT2D eigenvalue weighted by Crippen LogP contribution is 2.24. The maximum atomic E-state index is 11.8. The average molecular weight is 329 g/mol. The van der Waals surface area contributed by atoms with E-state index in [-0.39, 0.29) is 27.9 Å². The van der Waals surface area contributed by atoms with Gasteiger partial charge in [0.25, 0.3) is 0 Å². The van der Waals surface area contributed by atoms with E-state index in [1.807, 2.05) is 0 Å². The summed E-state index contributed by atoms with van der Waals surface area (Å²) in [6, 6.07) is 5.62. The zero-order chi connectivity index (χ0) is 15.5. The third kappa shape index (κ3) is 4.28. The van der Waals surface area contributed by atoms with Crippen LogP contribution >= 0.6 is 11.6 Å². The molecule has 0 saturated heterocycles. The van der Waals surface area contributed by atoms with Gasteiger partial charge in [0.1, 0.15) is 0 Å². The minimum Gasteiger partial charge on any atom is -0.325 e. The molecule has 0 aliphatic carbocycles. The molecule has 1 heterocycles. The highest BCUT2D eigenvalue weighted by atomic mass is 35.5. The number of sulfonamides is 1. The third-order valence-corrected chi connectivity index (χ3v) is 3.91. The average Bonchev–Trinajstić information content (AvgIpc) is 2.91. The molecular weight excluding hydrogens is 316 g/mol. The summed E-state index contributed by atoms with van der Waals surface area (Å²) in [5.41, 5.74) is 0.202. The molecule has 7 nitrogen and oxygen atoms in total. The molecule has 2 rings (SSSR count). The first-order valence-corrected chi connectivity index (χ1v) is 7.88. The van der Waals surface area contributed by atoms with Gasteiger partial charge in [0.15, 0.2) is 0 Å². The number of rotatable bonds is 5. The van der Waals surface area contributed by atoms with Gasteiger partial charge in [-0.3, -0.25) is 9.48 Å². The first-order chi connectivity index (χ1) is 9.86. The Morgan fingerprint density at radius 1 is 1.43 bits per heavy atom. The van der Waals surface area contributed by atoms with Crippen LogP contribution < -0.4 is 10.5 Å². The van der Waals surface area contributed by atoms with Gasteiger partial charge in [-0.25, -0.2) is 13.6 Å². The fourth-order valence-corrected chi connectivity index (χ4v) is 2.34. The Morgan fingerprint density at radius 3 is 2.81 bits per heavy atom. The lowest BCUT2D eigenvalue weighted by atomic mass is 10.3. The van der Waals surface area contributed by atoms with Crippen molar-refractivity contribution in [3.63, 3.8) is 0 Å². The Bertz CT molecular complexity index is 744.